The summed E-state index contributed by atoms with van der Waals surface area (Å²) in [6, 6.07) is 0. The van der Waals surface area contributed by atoms with Crippen molar-refractivity contribution in [3.8, 4) is 0 Å². The summed E-state index contributed by atoms with van der Waals surface area (Å²) in [4.78, 5) is 10.2. The van der Waals surface area contributed by atoms with E-state index in [2.05, 4.69) is 10.1 Å². The van der Waals surface area contributed by atoms with Crippen molar-refractivity contribution in [2.24, 2.45) is 5.73 Å². The van der Waals surface area contributed by atoms with E-state index in [-0.39, 0.29) is 13.2 Å². The van der Waals surface area contributed by atoms with Crippen LogP contribution < -0.4 is 11.1 Å². The monoisotopic (exact) mass is 236 g/mol. The number of primary amides is 1. The first-order valence-corrected chi connectivity index (χ1v) is 5.04. The van der Waals surface area contributed by atoms with Crippen molar-refractivity contribution in [3.63, 3.8) is 0 Å². The molecule has 0 aliphatic rings. The number of rotatable bonds is 10. The molecule has 0 aliphatic carbocycles. The number of carbonyl (C=O) groups is 1. The van der Waals surface area contributed by atoms with E-state index in [1.54, 1.807) is 7.11 Å². The summed E-state index contributed by atoms with van der Waals surface area (Å²) in [5, 5.41) is 12.3. The van der Waals surface area contributed by atoms with E-state index in [0.29, 0.717) is 26.3 Å². The lowest BCUT2D eigenvalue weighted by Crippen LogP contribution is -2.33. The van der Waals surface area contributed by atoms with Crippen LogP contribution in [0.4, 0.5) is 4.79 Å². The van der Waals surface area contributed by atoms with Gasteiger partial charge in [0, 0.05) is 20.2 Å². The van der Waals surface area contributed by atoms with Crippen molar-refractivity contribution in [3.05, 3.63) is 0 Å². The first-order valence-electron chi connectivity index (χ1n) is 5.04. The lowest BCUT2D eigenvalue weighted by atomic mass is 10.4. The summed E-state index contributed by atoms with van der Waals surface area (Å²) in [6.45, 7) is 2.21. The molecule has 0 rings (SSSR count). The molecule has 16 heavy (non-hydrogen) atoms. The number of nitrogens with one attached hydrogen (secondary N) is 1. The molecule has 0 saturated heterocycles. The van der Waals surface area contributed by atoms with E-state index < -0.39 is 12.2 Å². The fraction of sp³-hybridized carbons (Fsp3) is 0.889. The van der Waals surface area contributed by atoms with Crippen molar-refractivity contribution in [1.82, 2.24) is 5.32 Å². The van der Waals surface area contributed by atoms with Gasteiger partial charge in [-0.05, 0) is 0 Å². The molecule has 1 unspecified atom stereocenters. The maximum atomic E-state index is 10.2. The molecule has 96 valence electrons. The molecule has 0 aliphatic heterocycles. The Bertz CT molecular complexity index is 179. The topological polar surface area (TPSA) is 103 Å². The van der Waals surface area contributed by atoms with E-state index in [1.165, 1.54) is 0 Å². The predicted molar refractivity (Wildman–Crippen MR) is 57.1 cm³/mol. The molecule has 0 aromatic heterocycles. The number of nitrogens with two attached hydrogens (primary N) is 1. The highest BCUT2D eigenvalue weighted by atomic mass is 16.5. The lowest BCUT2D eigenvalue weighted by molar-refractivity contribution is 0.0135. The zero-order valence-electron chi connectivity index (χ0n) is 9.48. The minimum absolute atomic E-state index is 0.187. The Morgan fingerprint density at radius 2 is 2.19 bits per heavy atom. The number of hydrogen-bond donors (Lipinski definition) is 3. The third kappa shape index (κ3) is 11.2. The van der Waals surface area contributed by atoms with Gasteiger partial charge in [0.1, 0.15) is 6.61 Å². The van der Waals surface area contributed by atoms with Gasteiger partial charge in [-0.3, -0.25) is 0 Å². The molecule has 0 spiro atoms. The quantitative estimate of drug-likeness (QED) is 0.407. The number of methoxy groups -OCH3 is 1. The number of carbonyl (C=O) groups excluding carboxylic acids is 1. The minimum Gasteiger partial charge on any atom is -0.448 e. The highest BCUT2D eigenvalue weighted by Crippen LogP contribution is 1.84. The van der Waals surface area contributed by atoms with Crippen LogP contribution in [0.25, 0.3) is 0 Å². The molecule has 1 atom stereocenters. The fourth-order valence-corrected chi connectivity index (χ4v) is 0.913. The number of aliphatic hydroxyl groups is 1. The van der Waals surface area contributed by atoms with Crippen LogP contribution in [0.1, 0.15) is 0 Å². The molecular weight excluding hydrogens is 216 g/mol. The highest BCUT2D eigenvalue weighted by molar-refractivity contribution is 5.64. The normalized spacial score (nSPS) is 12.4. The molecule has 1 amide bonds. The Balaban J connectivity index is 3.17. The summed E-state index contributed by atoms with van der Waals surface area (Å²) in [6.07, 6.45) is -1.39. The van der Waals surface area contributed by atoms with E-state index in [1.807, 2.05) is 0 Å². The summed E-state index contributed by atoms with van der Waals surface area (Å²) in [5.41, 5.74) is 4.76. The van der Waals surface area contributed by atoms with Gasteiger partial charge in [-0.25, -0.2) is 4.79 Å². The van der Waals surface area contributed by atoms with Gasteiger partial charge in [0.2, 0.25) is 0 Å². The summed E-state index contributed by atoms with van der Waals surface area (Å²) in [7, 11) is 1.58. The van der Waals surface area contributed by atoms with Crippen LogP contribution in [-0.4, -0.2) is 63.9 Å². The van der Waals surface area contributed by atoms with Crippen LogP contribution in [0.5, 0.6) is 0 Å². The van der Waals surface area contributed by atoms with Crippen molar-refractivity contribution in [1.29, 1.82) is 0 Å². The second-order valence-corrected chi connectivity index (χ2v) is 3.09. The van der Waals surface area contributed by atoms with Gasteiger partial charge in [0.25, 0.3) is 0 Å². The third-order valence-electron chi connectivity index (χ3n) is 1.65. The highest BCUT2D eigenvalue weighted by Gasteiger charge is 2.03. The van der Waals surface area contributed by atoms with Crippen LogP contribution in [0.3, 0.4) is 0 Å². The average molecular weight is 236 g/mol. The van der Waals surface area contributed by atoms with E-state index >= 15 is 0 Å². The zero-order valence-corrected chi connectivity index (χ0v) is 9.48. The Kier molecular flexibility index (Phi) is 10.0. The van der Waals surface area contributed by atoms with Gasteiger partial charge in [0.15, 0.2) is 0 Å². The van der Waals surface area contributed by atoms with Crippen LogP contribution in [0, 0.1) is 0 Å². The molecule has 0 heterocycles. The lowest BCUT2D eigenvalue weighted by Gasteiger charge is -2.12. The van der Waals surface area contributed by atoms with Gasteiger partial charge in [-0.15, -0.1) is 0 Å². The third-order valence-corrected chi connectivity index (χ3v) is 1.65. The number of aliphatic hydroxyl groups excluding tert-OH is 1. The maximum Gasteiger partial charge on any atom is 0.404 e. The summed E-state index contributed by atoms with van der Waals surface area (Å²) in [5.74, 6) is 0. The minimum atomic E-state index is -0.801. The molecule has 7 heteroatoms. The van der Waals surface area contributed by atoms with Crippen LogP contribution in [-0.2, 0) is 14.2 Å². The molecule has 0 aromatic carbocycles. The largest absolute Gasteiger partial charge is 0.448 e. The molecule has 0 aromatic rings. The van der Waals surface area contributed by atoms with Crippen LogP contribution in [0.2, 0.25) is 0 Å². The Labute approximate surface area is 94.8 Å². The van der Waals surface area contributed by atoms with Crippen LogP contribution in [0.15, 0.2) is 0 Å². The van der Waals surface area contributed by atoms with Gasteiger partial charge < -0.3 is 30.4 Å². The molecule has 0 bridgehead atoms. The van der Waals surface area contributed by atoms with Crippen molar-refractivity contribution >= 4 is 6.09 Å². The standard InChI is InChI=1S/C9H20N2O5/c1-14-4-5-15-7-8(12)6-11-2-3-16-9(10)13/h8,11-12H,2-7H2,1H3,(H2,10,13). The Hall–Kier alpha value is -0.890. The van der Waals surface area contributed by atoms with Crippen molar-refractivity contribution in [2.45, 2.75) is 6.10 Å². The molecule has 0 radical (unpaired) electrons. The maximum absolute atomic E-state index is 10.2. The van der Waals surface area contributed by atoms with Gasteiger partial charge in [0.05, 0.1) is 25.9 Å². The first kappa shape index (κ1) is 15.1. The second kappa shape index (κ2) is 10.6. The van der Waals surface area contributed by atoms with Gasteiger partial charge in [-0.2, -0.15) is 0 Å². The summed E-state index contributed by atoms with van der Waals surface area (Å²) >= 11 is 0. The molecule has 7 nitrogen and oxygen atoms in total. The summed E-state index contributed by atoms with van der Waals surface area (Å²) < 4.78 is 14.4. The SMILES string of the molecule is COCCOCC(O)CNCCOC(N)=O. The van der Waals surface area contributed by atoms with Crippen molar-refractivity contribution < 1.29 is 24.1 Å². The number of ether oxygens (including phenoxy) is 3. The van der Waals surface area contributed by atoms with E-state index in [9.17, 15) is 9.90 Å². The molecular formula is C9H20N2O5. The Morgan fingerprint density at radius 3 is 2.81 bits per heavy atom. The number of amides is 1. The van der Waals surface area contributed by atoms with E-state index in [4.69, 9.17) is 15.2 Å². The molecule has 0 fully saturated rings. The van der Waals surface area contributed by atoms with Crippen molar-refractivity contribution in [2.75, 3.05) is 46.6 Å². The van der Waals surface area contributed by atoms with Crippen LogP contribution >= 0.6 is 0 Å². The first-order chi connectivity index (χ1) is 7.66. The van der Waals surface area contributed by atoms with E-state index in [0.717, 1.165) is 0 Å². The fourth-order valence-electron chi connectivity index (χ4n) is 0.913. The Morgan fingerprint density at radius 1 is 1.44 bits per heavy atom. The molecule has 0 saturated carbocycles. The van der Waals surface area contributed by atoms with Gasteiger partial charge >= 0.3 is 6.09 Å². The zero-order chi connectivity index (χ0) is 12.2. The second-order valence-electron chi connectivity index (χ2n) is 3.09. The van der Waals surface area contributed by atoms with Gasteiger partial charge in [-0.1, -0.05) is 0 Å². The average Bonchev–Trinajstić information content (AvgIpc) is 2.23. The number of hydrogen-bond acceptors (Lipinski definition) is 6. The predicted octanol–water partition coefficient (Wildman–Crippen LogP) is -1.30. The smallest absolute Gasteiger partial charge is 0.404 e. The molecule has 4 N–H and O–H groups in total.